The van der Waals surface area contributed by atoms with Crippen LogP contribution in [-0.4, -0.2) is 36.3 Å². The number of benzene rings is 2. The van der Waals surface area contributed by atoms with E-state index in [1.807, 2.05) is 48.5 Å². The number of carbonyl (C=O) groups is 1. The fourth-order valence-electron chi connectivity index (χ4n) is 2.30. The van der Waals surface area contributed by atoms with E-state index in [-0.39, 0.29) is 12.5 Å². The number of hydrogen-bond donors (Lipinski definition) is 0. The van der Waals surface area contributed by atoms with Crippen LogP contribution in [0.25, 0.3) is 0 Å². The molecule has 112 valence electrons. The van der Waals surface area contributed by atoms with Crippen LogP contribution >= 0.6 is 11.6 Å². The van der Waals surface area contributed by atoms with E-state index in [0.717, 1.165) is 5.56 Å². The number of amides is 1. The summed E-state index contributed by atoms with van der Waals surface area (Å²) in [4.78, 5) is 18.4. The number of para-hydroxylation sites is 1. The number of amidine groups is 1. The van der Waals surface area contributed by atoms with Gasteiger partial charge in [0.05, 0.1) is 6.54 Å². The van der Waals surface area contributed by atoms with Gasteiger partial charge in [-0.05, 0) is 24.3 Å². The van der Waals surface area contributed by atoms with Crippen LogP contribution in [0, 0.1) is 0 Å². The lowest BCUT2D eigenvalue weighted by molar-refractivity contribution is -0.129. The number of halogens is 1. The van der Waals surface area contributed by atoms with Crippen molar-refractivity contribution in [2.75, 3.05) is 19.7 Å². The molecule has 0 spiro atoms. The highest BCUT2D eigenvalue weighted by Crippen LogP contribution is 2.17. The highest BCUT2D eigenvalue weighted by atomic mass is 35.5. The lowest BCUT2D eigenvalue weighted by atomic mass is 10.2. The van der Waals surface area contributed by atoms with Crippen molar-refractivity contribution in [1.29, 1.82) is 0 Å². The van der Waals surface area contributed by atoms with Crippen LogP contribution in [0.3, 0.4) is 0 Å². The fourth-order valence-corrected chi connectivity index (χ4v) is 2.49. The van der Waals surface area contributed by atoms with E-state index < -0.39 is 0 Å². The van der Waals surface area contributed by atoms with Gasteiger partial charge in [-0.1, -0.05) is 41.9 Å². The van der Waals surface area contributed by atoms with Gasteiger partial charge in [0.2, 0.25) is 0 Å². The Morgan fingerprint density at radius 2 is 2.00 bits per heavy atom. The topological polar surface area (TPSA) is 41.9 Å². The third kappa shape index (κ3) is 3.28. The maximum Gasteiger partial charge on any atom is 0.266 e. The van der Waals surface area contributed by atoms with Gasteiger partial charge >= 0.3 is 0 Å². The van der Waals surface area contributed by atoms with E-state index in [0.29, 0.717) is 29.7 Å². The summed E-state index contributed by atoms with van der Waals surface area (Å²) >= 11 is 6.01. The largest absolute Gasteiger partial charge is 0.484 e. The number of carbonyl (C=O) groups excluding carboxylic acids is 1. The van der Waals surface area contributed by atoms with Crippen LogP contribution in [0.2, 0.25) is 5.02 Å². The van der Waals surface area contributed by atoms with Gasteiger partial charge in [-0.3, -0.25) is 14.7 Å². The number of rotatable bonds is 4. The van der Waals surface area contributed by atoms with E-state index in [9.17, 15) is 4.79 Å². The maximum absolute atomic E-state index is 12.4. The zero-order valence-corrected chi connectivity index (χ0v) is 12.7. The molecule has 2 aromatic rings. The SMILES string of the molecule is O=C(COc1ccccc1)N1CCN=C1c1cccc(Cl)c1. The minimum atomic E-state index is -0.111. The second-order valence-electron chi connectivity index (χ2n) is 4.86. The molecule has 1 amide bonds. The van der Waals surface area contributed by atoms with Gasteiger partial charge in [0.1, 0.15) is 11.6 Å². The third-order valence-electron chi connectivity index (χ3n) is 3.33. The summed E-state index contributed by atoms with van der Waals surface area (Å²) in [6.07, 6.45) is 0. The molecule has 0 unspecified atom stereocenters. The first-order chi connectivity index (χ1) is 10.7. The highest BCUT2D eigenvalue weighted by molar-refractivity contribution is 6.31. The van der Waals surface area contributed by atoms with E-state index in [2.05, 4.69) is 4.99 Å². The van der Waals surface area contributed by atoms with E-state index in [4.69, 9.17) is 16.3 Å². The maximum atomic E-state index is 12.4. The second kappa shape index (κ2) is 6.62. The Labute approximate surface area is 134 Å². The molecule has 22 heavy (non-hydrogen) atoms. The van der Waals surface area contributed by atoms with Crippen LogP contribution in [-0.2, 0) is 4.79 Å². The molecule has 0 bridgehead atoms. The fraction of sp³-hybridized carbons (Fsp3) is 0.176. The van der Waals surface area contributed by atoms with Gasteiger partial charge in [0.15, 0.2) is 6.61 Å². The normalized spacial score (nSPS) is 13.9. The molecule has 0 fully saturated rings. The lowest BCUT2D eigenvalue weighted by Gasteiger charge is -2.19. The summed E-state index contributed by atoms with van der Waals surface area (Å²) < 4.78 is 5.52. The standard InChI is InChI=1S/C17H15ClN2O2/c18-14-6-4-5-13(11-14)17-19-9-10-20(17)16(21)12-22-15-7-2-1-3-8-15/h1-8,11H,9-10,12H2. The third-order valence-corrected chi connectivity index (χ3v) is 3.57. The van der Waals surface area contributed by atoms with Crippen LogP contribution in [0.4, 0.5) is 0 Å². The Kier molecular flexibility index (Phi) is 4.39. The molecule has 3 rings (SSSR count). The minimum absolute atomic E-state index is 0.0103. The van der Waals surface area contributed by atoms with Crippen molar-refractivity contribution in [3.05, 3.63) is 65.2 Å². The summed E-state index contributed by atoms with van der Waals surface area (Å²) in [5, 5.41) is 0.625. The monoisotopic (exact) mass is 314 g/mol. The van der Waals surface area contributed by atoms with Crippen molar-refractivity contribution in [2.45, 2.75) is 0 Å². The first kappa shape index (κ1) is 14.6. The van der Waals surface area contributed by atoms with Crippen LogP contribution < -0.4 is 4.74 Å². The molecule has 0 aliphatic carbocycles. The number of nitrogens with zero attached hydrogens (tertiary/aromatic N) is 2. The van der Waals surface area contributed by atoms with Gasteiger partial charge in [0.25, 0.3) is 5.91 Å². The molecule has 1 heterocycles. The van der Waals surface area contributed by atoms with Crippen molar-refractivity contribution < 1.29 is 9.53 Å². The first-order valence-corrected chi connectivity index (χ1v) is 7.40. The molecule has 4 nitrogen and oxygen atoms in total. The zero-order valence-electron chi connectivity index (χ0n) is 11.9. The van der Waals surface area contributed by atoms with Gasteiger partial charge < -0.3 is 4.74 Å². The molecule has 1 aliphatic rings. The smallest absolute Gasteiger partial charge is 0.266 e. The lowest BCUT2D eigenvalue weighted by Crippen LogP contribution is -2.38. The van der Waals surface area contributed by atoms with E-state index >= 15 is 0 Å². The number of ether oxygens (including phenoxy) is 1. The van der Waals surface area contributed by atoms with Crippen molar-refractivity contribution in [3.63, 3.8) is 0 Å². The summed E-state index contributed by atoms with van der Waals surface area (Å²) in [6, 6.07) is 16.6. The second-order valence-corrected chi connectivity index (χ2v) is 5.30. The van der Waals surface area contributed by atoms with Crippen molar-refractivity contribution >= 4 is 23.3 Å². The summed E-state index contributed by atoms with van der Waals surface area (Å²) in [5.74, 6) is 1.22. The van der Waals surface area contributed by atoms with Crippen LogP contribution in [0.1, 0.15) is 5.56 Å². The highest BCUT2D eigenvalue weighted by Gasteiger charge is 2.25. The first-order valence-electron chi connectivity index (χ1n) is 7.02. The molecule has 0 N–H and O–H groups in total. The Hall–Kier alpha value is -2.33. The summed E-state index contributed by atoms with van der Waals surface area (Å²) in [6.45, 7) is 1.15. The molecular formula is C17H15ClN2O2. The predicted molar refractivity (Wildman–Crippen MR) is 86.5 cm³/mol. The molecule has 0 radical (unpaired) electrons. The van der Waals surface area contributed by atoms with Gasteiger partial charge in [0, 0.05) is 17.1 Å². The molecule has 2 aromatic carbocycles. The molecule has 1 aliphatic heterocycles. The molecule has 0 aromatic heterocycles. The summed E-state index contributed by atoms with van der Waals surface area (Å²) in [7, 11) is 0. The Balaban J connectivity index is 1.69. The number of hydrogen-bond acceptors (Lipinski definition) is 3. The number of aliphatic imine (C=N–C) groups is 1. The molecular weight excluding hydrogens is 300 g/mol. The van der Waals surface area contributed by atoms with Gasteiger partial charge in [-0.2, -0.15) is 0 Å². The Morgan fingerprint density at radius 1 is 1.18 bits per heavy atom. The molecule has 5 heteroatoms. The van der Waals surface area contributed by atoms with Crippen LogP contribution in [0.15, 0.2) is 59.6 Å². The van der Waals surface area contributed by atoms with Crippen molar-refractivity contribution in [1.82, 2.24) is 4.90 Å². The van der Waals surface area contributed by atoms with E-state index in [1.165, 1.54) is 0 Å². The van der Waals surface area contributed by atoms with Crippen molar-refractivity contribution in [3.8, 4) is 5.75 Å². The Bertz CT molecular complexity index is 701. The zero-order chi connectivity index (χ0) is 15.4. The molecule has 0 atom stereocenters. The average Bonchev–Trinajstić information content (AvgIpc) is 3.03. The van der Waals surface area contributed by atoms with Gasteiger partial charge in [-0.15, -0.1) is 0 Å². The molecule has 0 saturated carbocycles. The van der Waals surface area contributed by atoms with Gasteiger partial charge in [-0.25, -0.2) is 0 Å². The van der Waals surface area contributed by atoms with Crippen molar-refractivity contribution in [2.24, 2.45) is 4.99 Å². The predicted octanol–water partition coefficient (Wildman–Crippen LogP) is 3.01. The van der Waals surface area contributed by atoms with Crippen LogP contribution in [0.5, 0.6) is 5.75 Å². The average molecular weight is 315 g/mol. The minimum Gasteiger partial charge on any atom is -0.484 e. The summed E-state index contributed by atoms with van der Waals surface area (Å²) in [5.41, 5.74) is 0.845. The van der Waals surface area contributed by atoms with E-state index in [1.54, 1.807) is 11.0 Å². The Morgan fingerprint density at radius 3 is 2.77 bits per heavy atom. The quantitative estimate of drug-likeness (QED) is 0.870. The molecule has 0 saturated heterocycles.